The largest absolute Gasteiger partial charge is 0.410 e. The first kappa shape index (κ1) is 10.4. The van der Waals surface area contributed by atoms with Gasteiger partial charge < -0.3 is 20.7 Å². The van der Waals surface area contributed by atoms with Crippen molar-refractivity contribution < 1.29 is 19.7 Å². The Kier molecular flexibility index (Phi) is 3.38. The van der Waals surface area contributed by atoms with Gasteiger partial charge in [-0.05, 0) is 12.1 Å². The molecule has 0 saturated heterocycles. The maximum Gasteiger partial charge on any atom is 0.410 e. The first-order valence-corrected chi connectivity index (χ1v) is 3.85. The van der Waals surface area contributed by atoms with Gasteiger partial charge in [-0.3, -0.25) is 4.98 Å². The van der Waals surface area contributed by atoms with Gasteiger partial charge in [-0.1, -0.05) is 0 Å². The van der Waals surface area contributed by atoms with Crippen molar-refractivity contribution >= 4 is 6.09 Å². The molecule has 0 saturated carbocycles. The number of pyridine rings is 1. The number of amides is 1. The summed E-state index contributed by atoms with van der Waals surface area (Å²) in [6.45, 7) is -0.414. The molecule has 4 N–H and O–H groups in total. The number of nitrogens with zero attached hydrogens (tertiary/aromatic N) is 1. The third-order valence-electron chi connectivity index (χ3n) is 1.49. The van der Waals surface area contributed by atoms with Crippen molar-refractivity contribution in [1.29, 1.82) is 0 Å². The van der Waals surface area contributed by atoms with Gasteiger partial charge >= 0.3 is 6.09 Å². The molecule has 6 heteroatoms. The topological polar surface area (TPSA) is 106 Å². The van der Waals surface area contributed by atoms with Crippen LogP contribution in [0.3, 0.4) is 0 Å². The fourth-order valence-corrected chi connectivity index (χ4v) is 0.859. The minimum Gasteiger partial charge on any atom is -0.409 e. The SMILES string of the molecule is NC(=O)Oc1ccc([C@H](O)CO)nc1. The van der Waals surface area contributed by atoms with E-state index in [4.69, 9.17) is 15.9 Å². The van der Waals surface area contributed by atoms with Gasteiger partial charge in [0, 0.05) is 0 Å². The number of hydrogen-bond donors (Lipinski definition) is 3. The Hall–Kier alpha value is -1.66. The highest BCUT2D eigenvalue weighted by Gasteiger charge is 2.07. The van der Waals surface area contributed by atoms with Crippen LogP contribution in [0.4, 0.5) is 4.79 Å². The average Bonchev–Trinajstić information content (AvgIpc) is 2.17. The summed E-state index contributed by atoms with van der Waals surface area (Å²) in [7, 11) is 0. The van der Waals surface area contributed by atoms with E-state index in [0.29, 0.717) is 5.69 Å². The van der Waals surface area contributed by atoms with E-state index in [-0.39, 0.29) is 5.75 Å². The zero-order valence-electron chi connectivity index (χ0n) is 7.25. The van der Waals surface area contributed by atoms with Crippen LogP contribution in [0.2, 0.25) is 0 Å². The van der Waals surface area contributed by atoms with E-state index >= 15 is 0 Å². The van der Waals surface area contributed by atoms with Crippen molar-refractivity contribution in [3.05, 3.63) is 24.0 Å². The van der Waals surface area contributed by atoms with E-state index in [2.05, 4.69) is 9.72 Å². The summed E-state index contributed by atoms with van der Waals surface area (Å²) in [6, 6.07) is 2.85. The molecular weight excluding hydrogens is 188 g/mol. The first-order chi connectivity index (χ1) is 6.63. The van der Waals surface area contributed by atoms with Gasteiger partial charge in [0.05, 0.1) is 18.5 Å². The number of carbonyl (C=O) groups is 1. The van der Waals surface area contributed by atoms with Crippen molar-refractivity contribution in [2.24, 2.45) is 5.73 Å². The minimum atomic E-state index is -1.03. The monoisotopic (exact) mass is 198 g/mol. The summed E-state index contributed by atoms with van der Waals surface area (Å²) >= 11 is 0. The standard InChI is InChI=1S/C8H10N2O4/c9-8(13)14-5-1-2-6(10-3-5)7(12)4-11/h1-3,7,11-12H,4H2,(H2,9,13)/t7-/m1/s1. The maximum atomic E-state index is 10.3. The van der Waals surface area contributed by atoms with E-state index in [1.165, 1.54) is 18.3 Å². The fourth-order valence-electron chi connectivity index (χ4n) is 0.859. The maximum absolute atomic E-state index is 10.3. The molecule has 0 bridgehead atoms. The van der Waals surface area contributed by atoms with E-state index < -0.39 is 18.8 Å². The number of aromatic nitrogens is 1. The van der Waals surface area contributed by atoms with Gasteiger partial charge in [0.25, 0.3) is 0 Å². The smallest absolute Gasteiger partial charge is 0.409 e. The van der Waals surface area contributed by atoms with Crippen LogP contribution in [-0.2, 0) is 0 Å². The third kappa shape index (κ3) is 2.68. The highest BCUT2D eigenvalue weighted by atomic mass is 16.5. The molecule has 6 nitrogen and oxygen atoms in total. The van der Waals surface area contributed by atoms with E-state index in [1.54, 1.807) is 0 Å². The van der Waals surface area contributed by atoms with Crippen molar-refractivity contribution in [1.82, 2.24) is 4.98 Å². The summed E-state index contributed by atoms with van der Waals surface area (Å²) in [4.78, 5) is 14.1. The predicted octanol–water partition coefficient (Wildman–Crippen LogP) is -0.435. The first-order valence-electron chi connectivity index (χ1n) is 3.85. The minimum absolute atomic E-state index is 0.186. The van der Waals surface area contributed by atoms with Crippen LogP contribution in [0, 0.1) is 0 Å². The molecule has 0 fully saturated rings. The van der Waals surface area contributed by atoms with Gasteiger partial charge in [0.2, 0.25) is 0 Å². The van der Waals surface area contributed by atoms with Crippen LogP contribution in [0.5, 0.6) is 5.75 Å². The molecule has 0 spiro atoms. The molecule has 0 unspecified atom stereocenters. The zero-order chi connectivity index (χ0) is 10.6. The zero-order valence-corrected chi connectivity index (χ0v) is 7.25. The van der Waals surface area contributed by atoms with E-state index in [1.807, 2.05) is 0 Å². The van der Waals surface area contributed by atoms with Crippen LogP contribution in [0.25, 0.3) is 0 Å². The highest BCUT2D eigenvalue weighted by Crippen LogP contribution is 2.13. The second-order valence-electron chi connectivity index (χ2n) is 2.54. The molecule has 76 valence electrons. The molecule has 1 aromatic rings. The van der Waals surface area contributed by atoms with Gasteiger partial charge in [0.15, 0.2) is 5.75 Å². The van der Waals surface area contributed by atoms with Crippen molar-refractivity contribution in [2.75, 3.05) is 6.61 Å². The number of ether oxygens (including phenoxy) is 1. The summed E-state index contributed by atoms with van der Waals surface area (Å²) in [5.74, 6) is 0.186. The lowest BCUT2D eigenvalue weighted by molar-refractivity contribution is 0.0922. The average molecular weight is 198 g/mol. The Balaban J connectivity index is 2.73. The molecule has 0 radical (unpaired) electrons. The summed E-state index contributed by atoms with van der Waals surface area (Å²) in [5, 5.41) is 17.8. The second-order valence-corrected chi connectivity index (χ2v) is 2.54. The van der Waals surface area contributed by atoms with Crippen LogP contribution in [-0.4, -0.2) is 27.9 Å². The molecule has 1 atom stereocenters. The number of aliphatic hydroxyl groups excluding tert-OH is 2. The van der Waals surface area contributed by atoms with Crippen LogP contribution < -0.4 is 10.5 Å². The van der Waals surface area contributed by atoms with Crippen LogP contribution in [0.15, 0.2) is 18.3 Å². The van der Waals surface area contributed by atoms with Crippen molar-refractivity contribution in [3.8, 4) is 5.75 Å². The van der Waals surface area contributed by atoms with Gasteiger partial charge in [0.1, 0.15) is 6.10 Å². The Morgan fingerprint density at radius 3 is 2.79 bits per heavy atom. The molecule has 1 amide bonds. The number of rotatable bonds is 3. The Bertz CT molecular complexity index is 312. The number of carbonyl (C=O) groups excluding carboxylic acids is 1. The van der Waals surface area contributed by atoms with Crippen LogP contribution in [0.1, 0.15) is 11.8 Å². The number of primary amides is 1. The highest BCUT2D eigenvalue weighted by molar-refractivity contribution is 5.67. The fraction of sp³-hybridized carbons (Fsp3) is 0.250. The molecule has 0 aromatic carbocycles. The Morgan fingerprint density at radius 2 is 2.36 bits per heavy atom. The number of hydrogen-bond acceptors (Lipinski definition) is 5. The van der Waals surface area contributed by atoms with Gasteiger partial charge in [-0.2, -0.15) is 0 Å². The molecule has 1 aromatic heterocycles. The lowest BCUT2D eigenvalue weighted by Gasteiger charge is -2.06. The Labute approximate surface area is 79.9 Å². The summed E-state index contributed by atoms with van der Waals surface area (Å²) in [6.07, 6.45) is -0.723. The molecule has 14 heavy (non-hydrogen) atoms. The number of aliphatic hydroxyl groups is 2. The normalized spacial score (nSPS) is 12.1. The van der Waals surface area contributed by atoms with E-state index in [0.717, 1.165) is 0 Å². The third-order valence-corrected chi connectivity index (χ3v) is 1.49. The summed E-state index contributed by atoms with van der Waals surface area (Å²) in [5.41, 5.74) is 5.07. The molecule has 0 aliphatic carbocycles. The Morgan fingerprint density at radius 1 is 1.64 bits per heavy atom. The van der Waals surface area contributed by atoms with E-state index in [9.17, 15) is 4.79 Å². The molecule has 0 aliphatic heterocycles. The number of nitrogens with two attached hydrogens (primary N) is 1. The quantitative estimate of drug-likeness (QED) is 0.610. The molecule has 1 rings (SSSR count). The van der Waals surface area contributed by atoms with Crippen LogP contribution >= 0.6 is 0 Å². The predicted molar refractivity (Wildman–Crippen MR) is 46.5 cm³/mol. The second kappa shape index (κ2) is 4.54. The van der Waals surface area contributed by atoms with Gasteiger partial charge in [-0.15, -0.1) is 0 Å². The lowest BCUT2D eigenvalue weighted by atomic mass is 10.2. The van der Waals surface area contributed by atoms with Crippen molar-refractivity contribution in [2.45, 2.75) is 6.10 Å². The van der Waals surface area contributed by atoms with Crippen molar-refractivity contribution in [3.63, 3.8) is 0 Å². The molecular formula is C8H10N2O4. The lowest BCUT2D eigenvalue weighted by Crippen LogP contribution is -2.16. The van der Waals surface area contributed by atoms with Gasteiger partial charge in [-0.25, -0.2) is 4.79 Å². The summed E-state index contributed by atoms with van der Waals surface area (Å²) < 4.78 is 4.51. The molecule has 1 heterocycles. The molecule has 0 aliphatic rings.